The molecule has 0 fully saturated rings. The van der Waals surface area contributed by atoms with Crippen molar-refractivity contribution in [1.29, 1.82) is 0 Å². The van der Waals surface area contributed by atoms with Crippen molar-refractivity contribution in [2.45, 2.75) is 0 Å². The van der Waals surface area contributed by atoms with Crippen LogP contribution in [0.1, 0.15) is 0 Å². The van der Waals surface area contributed by atoms with E-state index in [1.807, 2.05) is 17.4 Å². The van der Waals surface area contributed by atoms with Gasteiger partial charge < -0.3 is 9.32 Å². The van der Waals surface area contributed by atoms with Crippen LogP contribution in [0.5, 0.6) is 0 Å². The second kappa shape index (κ2) is 13.8. The number of hydrogen-bond acceptors (Lipinski definition) is 3. The number of furan rings is 1. The van der Waals surface area contributed by atoms with Crippen LogP contribution in [0, 0.1) is 0 Å². The zero-order valence-electron chi connectivity index (χ0n) is 31.0. The number of para-hydroxylation sites is 2. The topological polar surface area (TPSA) is 16.4 Å². The van der Waals surface area contributed by atoms with Crippen LogP contribution in [0.3, 0.4) is 0 Å². The van der Waals surface area contributed by atoms with Crippen molar-refractivity contribution >= 4 is 70.5 Å². The fraction of sp³-hybridized carbons (Fsp3) is 0. The van der Waals surface area contributed by atoms with Crippen molar-refractivity contribution in [3.63, 3.8) is 0 Å². The molecule has 2 aromatic heterocycles. The molecule has 0 spiro atoms. The van der Waals surface area contributed by atoms with Gasteiger partial charge in [-0.2, -0.15) is 0 Å². The van der Waals surface area contributed by atoms with Crippen LogP contribution in [-0.4, -0.2) is 0 Å². The van der Waals surface area contributed by atoms with Gasteiger partial charge in [-0.25, -0.2) is 0 Å². The number of fused-ring (bicyclic) bond motifs is 6. The summed E-state index contributed by atoms with van der Waals surface area (Å²) in [5, 5.41) is 4.82. The van der Waals surface area contributed by atoms with Gasteiger partial charge in [-0.05, 0) is 75.8 Å². The van der Waals surface area contributed by atoms with Crippen molar-refractivity contribution in [2.24, 2.45) is 0 Å². The van der Waals surface area contributed by atoms with Gasteiger partial charge in [0.2, 0.25) is 0 Å². The van der Waals surface area contributed by atoms with Gasteiger partial charge in [-0.3, -0.25) is 0 Å². The number of nitrogens with zero attached hydrogens (tertiary/aromatic N) is 1. The first-order valence-corrected chi connectivity index (χ1v) is 20.2. The fourth-order valence-electron chi connectivity index (χ4n) is 8.51. The van der Waals surface area contributed by atoms with Crippen molar-refractivity contribution in [1.82, 2.24) is 0 Å². The molecule has 11 aromatic rings. The van der Waals surface area contributed by atoms with Gasteiger partial charge in [-0.1, -0.05) is 170 Å². The van der Waals surface area contributed by atoms with E-state index < -0.39 is 0 Å². The molecular weight excluding hydrogens is 711 g/mol. The highest BCUT2D eigenvalue weighted by atomic mass is 32.1. The third-order valence-corrected chi connectivity index (χ3v) is 12.2. The largest absolute Gasteiger partial charge is 0.455 e. The number of anilines is 3. The van der Waals surface area contributed by atoms with E-state index in [0.717, 1.165) is 50.1 Å². The lowest BCUT2D eigenvalue weighted by atomic mass is 9.87. The lowest BCUT2D eigenvalue weighted by Gasteiger charge is -2.30. The molecule has 0 bridgehead atoms. The maximum Gasteiger partial charge on any atom is 0.143 e. The minimum absolute atomic E-state index is 0.897. The molecule has 11 rings (SSSR count). The van der Waals surface area contributed by atoms with Gasteiger partial charge in [0.15, 0.2) is 0 Å². The van der Waals surface area contributed by atoms with Gasteiger partial charge in [0.05, 0.1) is 5.69 Å². The first-order valence-electron chi connectivity index (χ1n) is 19.3. The van der Waals surface area contributed by atoms with Gasteiger partial charge >= 0.3 is 0 Å². The molecule has 0 aliphatic heterocycles. The Hall–Kier alpha value is -7.20. The standard InChI is InChI=1S/C54H35NOS/c1-3-16-36(17-4-1)41-22-7-8-25-47(41)53-42(37-18-5-2-6-19-37)26-15-29-49(53)55(40-32-33-46-45-24-10-12-31-51(45)57-52(46)35-40)39-21-13-20-38(34-39)43-27-14-28-48-44-23-9-11-30-50(44)56-54(43)48/h1-35H. The van der Waals surface area contributed by atoms with Crippen molar-refractivity contribution in [2.75, 3.05) is 4.90 Å². The Balaban J connectivity index is 1.20. The van der Waals surface area contributed by atoms with E-state index in [1.54, 1.807) is 0 Å². The van der Waals surface area contributed by atoms with Crippen LogP contribution >= 0.6 is 11.3 Å². The molecule has 2 nitrogen and oxygen atoms in total. The van der Waals surface area contributed by atoms with Crippen molar-refractivity contribution in [3.8, 4) is 44.5 Å². The van der Waals surface area contributed by atoms with Gasteiger partial charge in [-0.15, -0.1) is 11.3 Å². The normalized spacial score (nSPS) is 11.5. The molecule has 0 atom stereocenters. The minimum atomic E-state index is 0.897. The average Bonchev–Trinajstić information content (AvgIpc) is 3.85. The van der Waals surface area contributed by atoms with Crippen LogP contribution in [0.2, 0.25) is 0 Å². The second-order valence-corrected chi connectivity index (χ2v) is 15.5. The zero-order valence-corrected chi connectivity index (χ0v) is 31.8. The summed E-state index contributed by atoms with van der Waals surface area (Å²) < 4.78 is 9.12. The molecule has 9 aromatic carbocycles. The number of benzene rings is 9. The molecule has 0 unspecified atom stereocenters. The second-order valence-electron chi connectivity index (χ2n) is 14.4. The molecule has 3 heteroatoms. The number of rotatable bonds is 7. The van der Waals surface area contributed by atoms with E-state index in [4.69, 9.17) is 4.42 Å². The quantitative estimate of drug-likeness (QED) is 0.162. The van der Waals surface area contributed by atoms with Crippen LogP contribution in [0.25, 0.3) is 86.6 Å². The summed E-state index contributed by atoms with van der Waals surface area (Å²) in [4.78, 5) is 2.45. The van der Waals surface area contributed by atoms with E-state index in [0.29, 0.717) is 0 Å². The third kappa shape index (κ3) is 5.71. The molecule has 2 heterocycles. The van der Waals surface area contributed by atoms with E-state index >= 15 is 0 Å². The third-order valence-electron chi connectivity index (χ3n) is 11.1. The van der Waals surface area contributed by atoms with E-state index in [9.17, 15) is 0 Å². The molecule has 0 saturated carbocycles. The average molecular weight is 746 g/mol. The highest BCUT2D eigenvalue weighted by Crippen LogP contribution is 2.49. The summed E-state index contributed by atoms with van der Waals surface area (Å²) in [5.74, 6) is 0. The number of thiophene rings is 1. The van der Waals surface area contributed by atoms with Crippen LogP contribution < -0.4 is 4.90 Å². The van der Waals surface area contributed by atoms with Gasteiger partial charge in [0.1, 0.15) is 11.2 Å². The van der Waals surface area contributed by atoms with Gasteiger partial charge in [0.25, 0.3) is 0 Å². The Morgan fingerprint density at radius 1 is 0.351 bits per heavy atom. The molecule has 268 valence electrons. The van der Waals surface area contributed by atoms with E-state index in [-0.39, 0.29) is 0 Å². The molecule has 0 amide bonds. The highest BCUT2D eigenvalue weighted by Gasteiger charge is 2.24. The van der Waals surface area contributed by atoms with E-state index in [2.05, 4.69) is 211 Å². The molecule has 0 aliphatic rings. The Morgan fingerprint density at radius 3 is 1.77 bits per heavy atom. The van der Waals surface area contributed by atoms with Crippen molar-refractivity contribution in [3.05, 3.63) is 212 Å². The zero-order chi connectivity index (χ0) is 37.7. The Labute approximate surface area is 335 Å². The molecule has 0 aliphatic carbocycles. The van der Waals surface area contributed by atoms with E-state index in [1.165, 1.54) is 53.6 Å². The predicted octanol–water partition coefficient (Wildman–Crippen LogP) is 16.1. The molecule has 0 N–H and O–H groups in total. The summed E-state index contributed by atoms with van der Waals surface area (Å²) in [6, 6.07) is 76.5. The SMILES string of the molecule is c1ccc(-c2ccccc2-c2c(-c3ccccc3)cccc2N(c2cccc(-c3cccc4c3oc3ccccc34)c2)c2ccc3c(c2)sc2ccccc23)cc1. The Kier molecular flexibility index (Phi) is 8.04. The smallest absolute Gasteiger partial charge is 0.143 e. The molecule has 0 radical (unpaired) electrons. The summed E-state index contributed by atoms with van der Waals surface area (Å²) >= 11 is 1.85. The molecule has 0 saturated heterocycles. The van der Waals surface area contributed by atoms with Crippen LogP contribution in [-0.2, 0) is 0 Å². The maximum atomic E-state index is 6.57. The minimum Gasteiger partial charge on any atom is -0.455 e. The highest BCUT2D eigenvalue weighted by molar-refractivity contribution is 7.25. The summed E-state index contributed by atoms with van der Waals surface area (Å²) in [5.41, 5.74) is 14.3. The fourth-order valence-corrected chi connectivity index (χ4v) is 9.65. The first-order chi connectivity index (χ1) is 28.3. The molecular formula is C54H35NOS. The summed E-state index contributed by atoms with van der Waals surface area (Å²) in [6.07, 6.45) is 0. The number of hydrogen-bond donors (Lipinski definition) is 0. The Bertz CT molecular complexity index is 3250. The van der Waals surface area contributed by atoms with Gasteiger partial charge in [0, 0.05) is 53.4 Å². The van der Waals surface area contributed by atoms with Crippen LogP contribution in [0.4, 0.5) is 17.1 Å². The lowest BCUT2D eigenvalue weighted by Crippen LogP contribution is -2.12. The monoisotopic (exact) mass is 745 g/mol. The van der Waals surface area contributed by atoms with Crippen molar-refractivity contribution < 1.29 is 4.42 Å². The predicted molar refractivity (Wildman–Crippen MR) is 243 cm³/mol. The summed E-state index contributed by atoms with van der Waals surface area (Å²) in [7, 11) is 0. The molecule has 57 heavy (non-hydrogen) atoms. The lowest BCUT2D eigenvalue weighted by molar-refractivity contribution is 0.670. The maximum absolute atomic E-state index is 6.57. The van der Waals surface area contributed by atoms with Crippen LogP contribution in [0.15, 0.2) is 217 Å². The summed E-state index contributed by atoms with van der Waals surface area (Å²) in [6.45, 7) is 0. The first kappa shape index (κ1) is 33.2. The Morgan fingerprint density at radius 2 is 0.930 bits per heavy atom.